The second kappa shape index (κ2) is 6.50. The van der Waals surface area contributed by atoms with E-state index in [0.29, 0.717) is 12.0 Å². The Labute approximate surface area is 130 Å². The highest BCUT2D eigenvalue weighted by Crippen LogP contribution is 2.44. The van der Waals surface area contributed by atoms with E-state index in [1.807, 2.05) is 0 Å². The molecule has 1 N–H and O–H groups in total. The summed E-state index contributed by atoms with van der Waals surface area (Å²) in [5, 5.41) is 3.71. The zero-order chi connectivity index (χ0) is 15.5. The molecule has 0 spiro atoms. The van der Waals surface area contributed by atoms with E-state index < -0.39 is 0 Å². The zero-order valence-electron chi connectivity index (χ0n) is 14.3. The summed E-state index contributed by atoms with van der Waals surface area (Å²) >= 11 is 0. The maximum absolute atomic E-state index is 6.29. The molecule has 1 heterocycles. The predicted octanol–water partition coefficient (Wildman–Crippen LogP) is 4.19. The standard InChI is InChI=1S/C19H31NO/c1-6-20-17(13-12-15-10-8-7-9-11-15)16-14-18(2,3)21-19(16,4)5/h7-11,16-17,20H,6,12-14H2,1-5H3. The lowest BCUT2D eigenvalue weighted by Gasteiger charge is -2.33. The van der Waals surface area contributed by atoms with Gasteiger partial charge >= 0.3 is 0 Å². The van der Waals surface area contributed by atoms with E-state index in [2.05, 4.69) is 70.3 Å². The summed E-state index contributed by atoms with van der Waals surface area (Å²) < 4.78 is 6.29. The van der Waals surface area contributed by atoms with E-state index >= 15 is 0 Å². The lowest BCUT2D eigenvalue weighted by molar-refractivity contribution is -0.0778. The van der Waals surface area contributed by atoms with Gasteiger partial charge in [-0.05, 0) is 59.1 Å². The molecule has 1 aromatic rings. The van der Waals surface area contributed by atoms with Gasteiger partial charge in [0.25, 0.3) is 0 Å². The van der Waals surface area contributed by atoms with Crippen LogP contribution in [0, 0.1) is 5.92 Å². The topological polar surface area (TPSA) is 21.3 Å². The molecular formula is C19H31NO. The van der Waals surface area contributed by atoms with Crippen LogP contribution in [0.3, 0.4) is 0 Å². The molecule has 2 unspecified atom stereocenters. The van der Waals surface area contributed by atoms with Crippen LogP contribution < -0.4 is 5.32 Å². The van der Waals surface area contributed by atoms with Gasteiger partial charge in [-0.2, -0.15) is 0 Å². The molecule has 2 nitrogen and oxygen atoms in total. The predicted molar refractivity (Wildman–Crippen MR) is 89.6 cm³/mol. The fraction of sp³-hybridized carbons (Fsp3) is 0.684. The van der Waals surface area contributed by atoms with E-state index in [-0.39, 0.29) is 11.2 Å². The van der Waals surface area contributed by atoms with Crippen LogP contribution in [0.25, 0.3) is 0 Å². The van der Waals surface area contributed by atoms with E-state index in [4.69, 9.17) is 4.74 Å². The van der Waals surface area contributed by atoms with E-state index in [1.165, 1.54) is 12.0 Å². The minimum absolute atomic E-state index is 0.00537. The van der Waals surface area contributed by atoms with Crippen LogP contribution in [-0.4, -0.2) is 23.8 Å². The second-order valence-electron chi connectivity index (χ2n) is 7.46. The first-order valence-electron chi connectivity index (χ1n) is 8.31. The first-order valence-corrected chi connectivity index (χ1v) is 8.31. The highest BCUT2D eigenvalue weighted by molar-refractivity contribution is 5.15. The molecule has 1 fully saturated rings. The van der Waals surface area contributed by atoms with Crippen molar-refractivity contribution in [3.63, 3.8) is 0 Å². The maximum atomic E-state index is 6.29. The highest BCUT2D eigenvalue weighted by atomic mass is 16.5. The summed E-state index contributed by atoms with van der Waals surface area (Å²) in [6, 6.07) is 11.3. The molecule has 0 aromatic heterocycles. The third kappa shape index (κ3) is 4.31. The van der Waals surface area contributed by atoms with Crippen LogP contribution in [-0.2, 0) is 11.2 Å². The quantitative estimate of drug-likeness (QED) is 0.848. The number of nitrogens with one attached hydrogen (secondary N) is 1. The number of aryl methyl sites for hydroxylation is 1. The summed E-state index contributed by atoms with van der Waals surface area (Å²) in [7, 11) is 0. The van der Waals surface area contributed by atoms with Crippen LogP contribution in [0.2, 0.25) is 0 Å². The van der Waals surface area contributed by atoms with Crippen LogP contribution in [0.4, 0.5) is 0 Å². The van der Waals surface area contributed by atoms with Gasteiger partial charge in [0.05, 0.1) is 11.2 Å². The Morgan fingerprint density at radius 1 is 1.19 bits per heavy atom. The lowest BCUT2D eigenvalue weighted by atomic mass is 9.79. The number of benzene rings is 1. The molecule has 0 bridgehead atoms. The SMILES string of the molecule is CCNC(CCc1ccccc1)C1CC(C)(C)OC1(C)C. The number of rotatable bonds is 6. The Kier molecular flexibility index (Phi) is 5.11. The Morgan fingerprint density at radius 2 is 1.86 bits per heavy atom. The lowest BCUT2D eigenvalue weighted by Crippen LogP contribution is -2.44. The van der Waals surface area contributed by atoms with Gasteiger partial charge in [-0.1, -0.05) is 37.3 Å². The fourth-order valence-corrected chi connectivity index (χ4v) is 3.91. The number of hydrogen-bond acceptors (Lipinski definition) is 2. The molecule has 21 heavy (non-hydrogen) atoms. The van der Waals surface area contributed by atoms with Crippen molar-refractivity contribution in [2.45, 2.75) is 71.1 Å². The average molecular weight is 289 g/mol. The Morgan fingerprint density at radius 3 is 2.38 bits per heavy atom. The van der Waals surface area contributed by atoms with Gasteiger partial charge in [-0.15, -0.1) is 0 Å². The number of hydrogen-bond donors (Lipinski definition) is 1. The molecular weight excluding hydrogens is 258 g/mol. The van der Waals surface area contributed by atoms with E-state index in [9.17, 15) is 0 Å². The molecule has 0 saturated carbocycles. The summed E-state index contributed by atoms with van der Waals surface area (Å²) in [5.74, 6) is 0.566. The Hall–Kier alpha value is -0.860. The molecule has 1 aliphatic rings. The molecule has 1 saturated heterocycles. The monoisotopic (exact) mass is 289 g/mol. The van der Waals surface area contributed by atoms with Crippen molar-refractivity contribution >= 4 is 0 Å². The van der Waals surface area contributed by atoms with Gasteiger partial charge < -0.3 is 10.1 Å². The third-order valence-corrected chi connectivity index (χ3v) is 4.68. The Bertz CT molecular complexity index is 438. The van der Waals surface area contributed by atoms with Gasteiger partial charge in [0.2, 0.25) is 0 Å². The summed E-state index contributed by atoms with van der Waals surface area (Å²) in [6.07, 6.45) is 3.43. The molecule has 1 aliphatic heterocycles. The third-order valence-electron chi connectivity index (χ3n) is 4.68. The zero-order valence-corrected chi connectivity index (χ0v) is 14.3. The second-order valence-corrected chi connectivity index (χ2v) is 7.46. The van der Waals surface area contributed by atoms with Crippen LogP contribution in [0.1, 0.15) is 53.0 Å². The minimum atomic E-state index is -0.0486. The van der Waals surface area contributed by atoms with Gasteiger partial charge in [-0.25, -0.2) is 0 Å². The molecule has 2 atom stereocenters. The van der Waals surface area contributed by atoms with Crippen molar-refractivity contribution in [1.82, 2.24) is 5.32 Å². The van der Waals surface area contributed by atoms with Crippen LogP contribution in [0.15, 0.2) is 30.3 Å². The van der Waals surface area contributed by atoms with Crippen LogP contribution >= 0.6 is 0 Å². The smallest absolute Gasteiger partial charge is 0.0677 e. The van der Waals surface area contributed by atoms with Crippen molar-refractivity contribution in [3.8, 4) is 0 Å². The molecule has 0 aliphatic carbocycles. The maximum Gasteiger partial charge on any atom is 0.0677 e. The first-order chi connectivity index (χ1) is 9.84. The summed E-state index contributed by atoms with van der Waals surface area (Å²) in [6.45, 7) is 12.2. The van der Waals surface area contributed by atoms with Gasteiger partial charge in [0, 0.05) is 12.0 Å². The fourth-order valence-electron chi connectivity index (χ4n) is 3.91. The Balaban J connectivity index is 2.05. The molecule has 2 heteroatoms. The summed E-state index contributed by atoms with van der Waals surface area (Å²) in [5.41, 5.74) is 1.37. The molecule has 0 radical (unpaired) electrons. The van der Waals surface area contributed by atoms with Gasteiger partial charge in [-0.3, -0.25) is 0 Å². The molecule has 0 amide bonds. The van der Waals surface area contributed by atoms with E-state index in [0.717, 1.165) is 19.4 Å². The van der Waals surface area contributed by atoms with Gasteiger partial charge in [0.15, 0.2) is 0 Å². The van der Waals surface area contributed by atoms with E-state index in [1.54, 1.807) is 0 Å². The number of ether oxygens (including phenoxy) is 1. The molecule has 118 valence electrons. The van der Waals surface area contributed by atoms with Crippen molar-refractivity contribution in [2.75, 3.05) is 6.54 Å². The minimum Gasteiger partial charge on any atom is -0.369 e. The normalized spacial score (nSPS) is 24.9. The molecule has 1 aromatic carbocycles. The molecule has 2 rings (SSSR count). The van der Waals surface area contributed by atoms with Crippen molar-refractivity contribution < 1.29 is 4.74 Å². The average Bonchev–Trinajstić information content (AvgIpc) is 2.63. The van der Waals surface area contributed by atoms with Crippen molar-refractivity contribution in [2.24, 2.45) is 5.92 Å². The van der Waals surface area contributed by atoms with Crippen molar-refractivity contribution in [1.29, 1.82) is 0 Å². The van der Waals surface area contributed by atoms with Crippen molar-refractivity contribution in [3.05, 3.63) is 35.9 Å². The highest BCUT2D eigenvalue weighted by Gasteiger charge is 2.48. The largest absolute Gasteiger partial charge is 0.369 e. The van der Waals surface area contributed by atoms with Gasteiger partial charge in [0.1, 0.15) is 0 Å². The van der Waals surface area contributed by atoms with Crippen LogP contribution in [0.5, 0.6) is 0 Å². The first kappa shape index (κ1) is 16.5. The summed E-state index contributed by atoms with van der Waals surface area (Å²) in [4.78, 5) is 0.